The van der Waals surface area contributed by atoms with Crippen molar-refractivity contribution in [3.8, 4) is 5.75 Å². The van der Waals surface area contributed by atoms with E-state index in [9.17, 15) is 9.50 Å². The topological polar surface area (TPSA) is 29.5 Å². The fourth-order valence-corrected chi connectivity index (χ4v) is 2.08. The lowest BCUT2D eigenvalue weighted by Gasteiger charge is -2.13. The van der Waals surface area contributed by atoms with Gasteiger partial charge in [-0.25, -0.2) is 4.39 Å². The summed E-state index contributed by atoms with van der Waals surface area (Å²) in [4.78, 5) is 0. The van der Waals surface area contributed by atoms with Gasteiger partial charge >= 0.3 is 0 Å². The molecule has 0 saturated heterocycles. The lowest BCUT2D eigenvalue weighted by molar-refractivity contribution is 0.190. The van der Waals surface area contributed by atoms with Crippen molar-refractivity contribution in [3.63, 3.8) is 0 Å². The van der Waals surface area contributed by atoms with E-state index in [2.05, 4.69) is 6.92 Å². The highest BCUT2D eigenvalue weighted by Crippen LogP contribution is 2.26. The Morgan fingerprint density at radius 2 is 2.24 bits per heavy atom. The van der Waals surface area contributed by atoms with Crippen LogP contribution in [0.5, 0.6) is 5.75 Å². The zero-order chi connectivity index (χ0) is 12.7. The SMILES string of the molecule is CCSCCCOc1ccc(F)cc1[C@@H](C)O. The molecular weight excluding hydrogens is 239 g/mol. The quantitative estimate of drug-likeness (QED) is 0.760. The molecule has 17 heavy (non-hydrogen) atoms. The molecule has 0 amide bonds. The summed E-state index contributed by atoms with van der Waals surface area (Å²) < 4.78 is 18.6. The van der Waals surface area contributed by atoms with Crippen molar-refractivity contribution < 1.29 is 14.2 Å². The third-order valence-electron chi connectivity index (χ3n) is 2.32. The molecule has 0 heterocycles. The van der Waals surface area contributed by atoms with Gasteiger partial charge in [0.15, 0.2) is 0 Å². The van der Waals surface area contributed by atoms with Gasteiger partial charge in [-0.2, -0.15) is 11.8 Å². The van der Waals surface area contributed by atoms with E-state index in [1.54, 1.807) is 13.0 Å². The molecule has 0 aliphatic carbocycles. The van der Waals surface area contributed by atoms with E-state index in [0.29, 0.717) is 17.9 Å². The van der Waals surface area contributed by atoms with Crippen LogP contribution in [0.2, 0.25) is 0 Å². The Bertz CT molecular complexity index is 342. The van der Waals surface area contributed by atoms with Crippen LogP contribution in [-0.4, -0.2) is 23.2 Å². The van der Waals surface area contributed by atoms with Gasteiger partial charge in [-0.1, -0.05) is 6.92 Å². The van der Waals surface area contributed by atoms with Crippen molar-refractivity contribution in [3.05, 3.63) is 29.6 Å². The smallest absolute Gasteiger partial charge is 0.125 e. The Morgan fingerprint density at radius 1 is 1.47 bits per heavy atom. The Labute approximate surface area is 106 Å². The lowest BCUT2D eigenvalue weighted by Crippen LogP contribution is -2.03. The Morgan fingerprint density at radius 3 is 2.88 bits per heavy atom. The Hall–Kier alpha value is -0.740. The van der Waals surface area contributed by atoms with E-state index in [4.69, 9.17) is 4.74 Å². The number of hydrogen-bond acceptors (Lipinski definition) is 3. The van der Waals surface area contributed by atoms with Crippen molar-refractivity contribution in [1.29, 1.82) is 0 Å². The molecule has 1 rings (SSSR count). The molecule has 0 bridgehead atoms. The zero-order valence-electron chi connectivity index (χ0n) is 10.3. The highest BCUT2D eigenvalue weighted by molar-refractivity contribution is 7.99. The van der Waals surface area contributed by atoms with Crippen LogP contribution < -0.4 is 4.74 Å². The molecule has 1 N–H and O–H groups in total. The highest BCUT2D eigenvalue weighted by atomic mass is 32.2. The first-order valence-electron chi connectivity index (χ1n) is 5.83. The van der Waals surface area contributed by atoms with Crippen LogP contribution in [0.1, 0.15) is 31.9 Å². The van der Waals surface area contributed by atoms with E-state index in [0.717, 1.165) is 17.9 Å². The summed E-state index contributed by atoms with van der Waals surface area (Å²) in [5.74, 6) is 2.38. The summed E-state index contributed by atoms with van der Waals surface area (Å²) >= 11 is 1.87. The first kappa shape index (κ1) is 14.3. The van der Waals surface area contributed by atoms with Crippen LogP contribution in [0.25, 0.3) is 0 Å². The monoisotopic (exact) mass is 258 g/mol. The van der Waals surface area contributed by atoms with Crippen molar-refractivity contribution in [2.45, 2.75) is 26.4 Å². The van der Waals surface area contributed by atoms with Gasteiger partial charge in [-0.15, -0.1) is 0 Å². The van der Waals surface area contributed by atoms with E-state index in [-0.39, 0.29) is 5.82 Å². The second-order valence-corrected chi connectivity index (χ2v) is 5.15. The van der Waals surface area contributed by atoms with Gasteiger partial charge in [0.2, 0.25) is 0 Å². The van der Waals surface area contributed by atoms with Crippen LogP contribution in [0.15, 0.2) is 18.2 Å². The van der Waals surface area contributed by atoms with Gasteiger partial charge in [0.25, 0.3) is 0 Å². The van der Waals surface area contributed by atoms with Crippen molar-refractivity contribution in [2.75, 3.05) is 18.1 Å². The van der Waals surface area contributed by atoms with E-state index >= 15 is 0 Å². The number of ether oxygens (including phenoxy) is 1. The molecule has 0 aliphatic heterocycles. The number of aliphatic hydroxyl groups is 1. The second-order valence-electron chi connectivity index (χ2n) is 3.76. The standard InChI is InChI=1S/C13H19FO2S/c1-3-17-8-4-7-16-13-6-5-11(14)9-12(13)10(2)15/h5-6,9-10,15H,3-4,7-8H2,1-2H3/t10-/m1/s1. The molecule has 1 aromatic carbocycles. The number of benzene rings is 1. The molecule has 0 radical (unpaired) electrons. The minimum atomic E-state index is -0.717. The van der Waals surface area contributed by atoms with Crippen LogP contribution in [0.3, 0.4) is 0 Å². The van der Waals surface area contributed by atoms with Crippen LogP contribution >= 0.6 is 11.8 Å². The average Bonchev–Trinajstić information content (AvgIpc) is 2.30. The summed E-state index contributed by atoms with van der Waals surface area (Å²) in [5, 5.41) is 9.52. The molecule has 0 fully saturated rings. The average molecular weight is 258 g/mol. The summed E-state index contributed by atoms with van der Waals surface area (Å²) in [6, 6.07) is 4.24. The number of aliphatic hydroxyl groups excluding tert-OH is 1. The van der Waals surface area contributed by atoms with E-state index in [1.807, 2.05) is 11.8 Å². The summed E-state index contributed by atoms with van der Waals surface area (Å²) in [6.07, 6.45) is 0.237. The van der Waals surface area contributed by atoms with Gasteiger partial charge < -0.3 is 9.84 Å². The zero-order valence-corrected chi connectivity index (χ0v) is 11.1. The fraction of sp³-hybridized carbons (Fsp3) is 0.538. The highest BCUT2D eigenvalue weighted by Gasteiger charge is 2.10. The minimum absolute atomic E-state index is 0.352. The maximum atomic E-state index is 13.0. The largest absolute Gasteiger partial charge is 0.493 e. The molecular formula is C13H19FO2S. The Kier molecular flexibility index (Phi) is 6.37. The molecule has 1 aromatic rings. The van der Waals surface area contributed by atoms with Gasteiger partial charge in [0.05, 0.1) is 12.7 Å². The summed E-state index contributed by atoms with van der Waals surface area (Å²) in [7, 11) is 0. The van der Waals surface area contributed by atoms with Crippen molar-refractivity contribution >= 4 is 11.8 Å². The van der Waals surface area contributed by atoms with E-state index < -0.39 is 6.10 Å². The first-order chi connectivity index (χ1) is 8.15. The number of halogens is 1. The number of rotatable bonds is 7. The third-order valence-corrected chi connectivity index (χ3v) is 3.30. The predicted octanol–water partition coefficient (Wildman–Crippen LogP) is 3.40. The summed E-state index contributed by atoms with van der Waals surface area (Å²) in [6.45, 7) is 4.32. The fourth-order valence-electron chi connectivity index (χ4n) is 1.46. The number of thioether (sulfide) groups is 1. The summed E-state index contributed by atoms with van der Waals surface area (Å²) in [5.41, 5.74) is 0.508. The van der Waals surface area contributed by atoms with Gasteiger partial charge in [-0.3, -0.25) is 0 Å². The molecule has 0 aromatic heterocycles. The van der Waals surface area contributed by atoms with Crippen molar-refractivity contribution in [1.82, 2.24) is 0 Å². The third kappa shape index (κ3) is 4.96. The van der Waals surface area contributed by atoms with Crippen molar-refractivity contribution in [2.24, 2.45) is 0 Å². The second kappa shape index (κ2) is 7.56. The molecule has 0 aliphatic rings. The molecule has 4 heteroatoms. The Balaban J connectivity index is 2.52. The van der Waals surface area contributed by atoms with Gasteiger partial charge in [0, 0.05) is 5.56 Å². The van der Waals surface area contributed by atoms with Gasteiger partial charge in [0.1, 0.15) is 11.6 Å². The number of hydrogen-bond donors (Lipinski definition) is 1. The molecule has 0 unspecified atom stereocenters. The molecule has 0 saturated carbocycles. The molecule has 96 valence electrons. The van der Waals surface area contributed by atoms with Crippen LogP contribution in [-0.2, 0) is 0 Å². The molecule has 1 atom stereocenters. The predicted molar refractivity (Wildman–Crippen MR) is 70.1 cm³/mol. The molecule has 0 spiro atoms. The maximum Gasteiger partial charge on any atom is 0.125 e. The van der Waals surface area contributed by atoms with Gasteiger partial charge in [-0.05, 0) is 43.0 Å². The maximum absolute atomic E-state index is 13.0. The molecule has 2 nitrogen and oxygen atoms in total. The van der Waals surface area contributed by atoms with Crippen LogP contribution in [0.4, 0.5) is 4.39 Å². The first-order valence-corrected chi connectivity index (χ1v) is 6.98. The van der Waals surface area contributed by atoms with E-state index in [1.165, 1.54) is 12.1 Å². The van der Waals surface area contributed by atoms with Crippen LogP contribution in [0, 0.1) is 5.82 Å². The minimum Gasteiger partial charge on any atom is -0.493 e. The lowest BCUT2D eigenvalue weighted by atomic mass is 10.1. The normalized spacial score (nSPS) is 12.5.